The summed E-state index contributed by atoms with van der Waals surface area (Å²) in [6, 6.07) is 12.8. The van der Waals surface area contributed by atoms with Crippen molar-refractivity contribution in [1.82, 2.24) is 0 Å². The topological polar surface area (TPSA) is 7.12 Å². The van der Waals surface area contributed by atoms with Gasteiger partial charge in [-0.25, -0.2) is 4.57 Å². The predicted octanol–water partition coefficient (Wildman–Crippen LogP) is 3.38. The van der Waals surface area contributed by atoms with E-state index in [0.29, 0.717) is 0 Å². The molecule has 1 aliphatic rings. The molecule has 0 amide bonds. The number of anilines is 1. The summed E-state index contributed by atoms with van der Waals surface area (Å²) in [5.41, 5.74) is 5.11. The molecule has 0 unspecified atom stereocenters. The summed E-state index contributed by atoms with van der Waals surface area (Å²) in [7, 11) is 2.09. The molecule has 2 nitrogen and oxygen atoms in total. The van der Waals surface area contributed by atoms with Gasteiger partial charge in [0.25, 0.3) is 0 Å². The molecular weight excluding hydrogens is 244 g/mol. The molecule has 2 aromatic rings. The van der Waals surface area contributed by atoms with Crippen LogP contribution in [-0.2, 0) is 7.05 Å². The van der Waals surface area contributed by atoms with Crippen molar-refractivity contribution < 1.29 is 4.57 Å². The standard InChI is InChI=1S/C18H19N2/c1-15-16(18-10-4-7-12-19(18)2)9-8-11-17(15)20-13-5-3-6-14-20/h3-13H,14H2,1-2H3/q+1. The van der Waals surface area contributed by atoms with Gasteiger partial charge in [0.05, 0.1) is 5.56 Å². The number of allylic oxidation sites excluding steroid dienone is 2. The van der Waals surface area contributed by atoms with Crippen molar-refractivity contribution in [2.24, 2.45) is 7.05 Å². The molecule has 0 saturated heterocycles. The minimum atomic E-state index is 0.932. The zero-order valence-electron chi connectivity index (χ0n) is 12.0. The van der Waals surface area contributed by atoms with Crippen molar-refractivity contribution in [3.63, 3.8) is 0 Å². The molecule has 0 aliphatic carbocycles. The molecule has 0 fully saturated rings. The summed E-state index contributed by atoms with van der Waals surface area (Å²) >= 11 is 0. The van der Waals surface area contributed by atoms with Crippen molar-refractivity contribution in [1.29, 1.82) is 0 Å². The molecule has 3 rings (SSSR count). The van der Waals surface area contributed by atoms with Gasteiger partial charge >= 0.3 is 0 Å². The minimum absolute atomic E-state index is 0.932. The smallest absolute Gasteiger partial charge is 0.212 e. The number of pyridine rings is 1. The van der Waals surface area contributed by atoms with E-state index in [2.05, 4.69) is 90.5 Å². The minimum Gasteiger partial charge on any atom is -0.344 e. The lowest BCUT2D eigenvalue weighted by Crippen LogP contribution is -2.30. The van der Waals surface area contributed by atoms with Gasteiger partial charge in [-0.3, -0.25) is 0 Å². The summed E-state index contributed by atoms with van der Waals surface area (Å²) in [4.78, 5) is 2.28. The lowest BCUT2D eigenvalue weighted by Gasteiger charge is -2.23. The molecule has 0 atom stereocenters. The summed E-state index contributed by atoms with van der Waals surface area (Å²) < 4.78 is 2.16. The molecule has 0 saturated carbocycles. The van der Waals surface area contributed by atoms with E-state index in [1.807, 2.05) is 0 Å². The van der Waals surface area contributed by atoms with E-state index >= 15 is 0 Å². The van der Waals surface area contributed by atoms with Crippen LogP contribution < -0.4 is 9.47 Å². The fourth-order valence-corrected chi connectivity index (χ4v) is 2.66. The van der Waals surface area contributed by atoms with E-state index in [1.165, 1.54) is 22.5 Å². The highest BCUT2D eigenvalue weighted by molar-refractivity contribution is 5.71. The third-order valence-electron chi connectivity index (χ3n) is 3.76. The third-order valence-corrected chi connectivity index (χ3v) is 3.76. The maximum absolute atomic E-state index is 2.28. The van der Waals surface area contributed by atoms with Gasteiger partial charge in [-0.15, -0.1) is 0 Å². The lowest BCUT2D eigenvalue weighted by molar-refractivity contribution is -0.660. The molecule has 1 aliphatic heterocycles. The molecule has 0 N–H and O–H groups in total. The van der Waals surface area contributed by atoms with E-state index in [-0.39, 0.29) is 0 Å². The van der Waals surface area contributed by atoms with Crippen LogP contribution in [0, 0.1) is 6.92 Å². The van der Waals surface area contributed by atoms with E-state index in [1.54, 1.807) is 0 Å². The van der Waals surface area contributed by atoms with E-state index in [9.17, 15) is 0 Å². The molecule has 0 spiro atoms. The monoisotopic (exact) mass is 263 g/mol. The molecular formula is C18H19N2+. The maximum atomic E-state index is 2.28. The normalized spacial score (nSPS) is 13.8. The number of hydrogen-bond donors (Lipinski definition) is 0. The van der Waals surface area contributed by atoms with Crippen LogP contribution in [0.2, 0.25) is 0 Å². The van der Waals surface area contributed by atoms with Crippen molar-refractivity contribution in [2.75, 3.05) is 11.4 Å². The maximum Gasteiger partial charge on any atom is 0.212 e. The summed E-state index contributed by atoms with van der Waals surface area (Å²) in [5.74, 6) is 0. The van der Waals surface area contributed by atoms with Crippen molar-refractivity contribution in [2.45, 2.75) is 6.92 Å². The Labute approximate surface area is 120 Å². The van der Waals surface area contributed by atoms with Crippen molar-refractivity contribution >= 4 is 5.69 Å². The van der Waals surface area contributed by atoms with Crippen LogP contribution in [0.15, 0.2) is 67.0 Å². The Hall–Kier alpha value is -2.35. The van der Waals surface area contributed by atoms with Gasteiger partial charge in [0.15, 0.2) is 6.20 Å². The highest BCUT2D eigenvalue weighted by Gasteiger charge is 2.15. The number of nitrogens with zero attached hydrogens (tertiary/aromatic N) is 2. The first-order valence-electron chi connectivity index (χ1n) is 6.92. The van der Waals surface area contributed by atoms with Crippen LogP contribution in [0.25, 0.3) is 11.3 Å². The van der Waals surface area contributed by atoms with E-state index in [0.717, 1.165) is 6.54 Å². The van der Waals surface area contributed by atoms with Gasteiger partial charge in [-0.2, -0.15) is 0 Å². The van der Waals surface area contributed by atoms with Gasteiger partial charge in [0, 0.05) is 30.6 Å². The van der Waals surface area contributed by atoms with Crippen LogP contribution in [0.3, 0.4) is 0 Å². The highest BCUT2D eigenvalue weighted by atomic mass is 15.1. The summed E-state index contributed by atoms with van der Waals surface area (Å²) in [6.45, 7) is 3.13. The zero-order chi connectivity index (χ0) is 13.9. The average molecular weight is 263 g/mol. The summed E-state index contributed by atoms with van der Waals surface area (Å²) in [5, 5.41) is 0. The number of hydrogen-bond acceptors (Lipinski definition) is 1. The van der Waals surface area contributed by atoms with Gasteiger partial charge in [-0.1, -0.05) is 18.2 Å². The Kier molecular flexibility index (Phi) is 3.38. The average Bonchev–Trinajstić information content (AvgIpc) is 2.49. The third kappa shape index (κ3) is 2.25. The van der Waals surface area contributed by atoms with Crippen LogP contribution in [-0.4, -0.2) is 6.54 Å². The van der Waals surface area contributed by atoms with Crippen LogP contribution in [0.5, 0.6) is 0 Å². The first-order valence-corrected chi connectivity index (χ1v) is 6.92. The molecule has 20 heavy (non-hydrogen) atoms. The Balaban J connectivity index is 2.08. The number of aromatic nitrogens is 1. The number of rotatable bonds is 2. The Morgan fingerprint density at radius 1 is 1.05 bits per heavy atom. The van der Waals surface area contributed by atoms with E-state index < -0.39 is 0 Å². The lowest BCUT2D eigenvalue weighted by atomic mass is 10.0. The zero-order valence-corrected chi connectivity index (χ0v) is 12.0. The second-order valence-electron chi connectivity index (χ2n) is 5.07. The molecule has 1 aromatic carbocycles. The predicted molar refractivity (Wildman–Crippen MR) is 83.4 cm³/mol. The molecule has 1 aromatic heterocycles. The molecule has 0 radical (unpaired) electrons. The van der Waals surface area contributed by atoms with Crippen LogP contribution in [0.1, 0.15) is 5.56 Å². The van der Waals surface area contributed by atoms with Crippen LogP contribution in [0.4, 0.5) is 5.69 Å². The van der Waals surface area contributed by atoms with Crippen molar-refractivity contribution in [3.05, 3.63) is 72.6 Å². The fourth-order valence-electron chi connectivity index (χ4n) is 2.66. The Morgan fingerprint density at radius 3 is 2.70 bits per heavy atom. The van der Waals surface area contributed by atoms with Crippen molar-refractivity contribution in [3.8, 4) is 11.3 Å². The first-order chi connectivity index (χ1) is 9.77. The largest absolute Gasteiger partial charge is 0.344 e. The van der Waals surface area contributed by atoms with Gasteiger partial charge in [0.1, 0.15) is 7.05 Å². The fraction of sp³-hybridized carbons (Fsp3) is 0.167. The van der Waals surface area contributed by atoms with Gasteiger partial charge < -0.3 is 4.90 Å². The quantitative estimate of drug-likeness (QED) is 0.753. The molecule has 2 heteroatoms. The Morgan fingerprint density at radius 2 is 1.95 bits per heavy atom. The highest BCUT2D eigenvalue weighted by Crippen LogP contribution is 2.29. The number of benzene rings is 1. The number of aryl methyl sites for hydroxylation is 1. The molecule has 0 bridgehead atoms. The van der Waals surface area contributed by atoms with Gasteiger partial charge in [0.2, 0.25) is 5.69 Å². The molecule has 100 valence electrons. The SMILES string of the molecule is Cc1c(-c2cccc[n+]2C)cccc1N1C=CC=CC1. The second-order valence-corrected chi connectivity index (χ2v) is 5.07. The second kappa shape index (κ2) is 5.33. The molecule has 2 heterocycles. The Bertz CT molecular complexity index is 684. The van der Waals surface area contributed by atoms with Gasteiger partial charge in [-0.05, 0) is 36.8 Å². The van der Waals surface area contributed by atoms with E-state index in [4.69, 9.17) is 0 Å². The summed E-state index contributed by atoms with van der Waals surface area (Å²) in [6.07, 6.45) is 10.6. The first kappa shape index (κ1) is 12.7. The van der Waals surface area contributed by atoms with Crippen LogP contribution >= 0.6 is 0 Å².